The van der Waals surface area contributed by atoms with Gasteiger partial charge in [-0.2, -0.15) is 0 Å². The van der Waals surface area contributed by atoms with Crippen LogP contribution in [0.1, 0.15) is 39.3 Å². The summed E-state index contributed by atoms with van der Waals surface area (Å²) in [7, 11) is 0. The predicted octanol–water partition coefficient (Wildman–Crippen LogP) is 2.94. The fourth-order valence-electron chi connectivity index (χ4n) is 2.71. The second-order valence-corrected chi connectivity index (χ2v) is 6.51. The highest BCUT2D eigenvalue weighted by Crippen LogP contribution is 2.39. The molecule has 0 aromatic carbocycles. The number of rotatable bonds is 4. The number of aryl methyl sites for hydroxylation is 1. The number of aliphatic hydroxyl groups is 1. The van der Waals surface area contributed by atoms with Crippen molar-refractivity contribution in [2.45, 2.75) is 40.0 Å². The van der Waals surface area contributed by atoms with Crippen LogP contribution in [-0.4, -0.2) is 29.8 Å². The molecule has 1 aliphatic rings. The van der Waals surface area contributed by atoms with Crippen molar-refractivity contribution < 1.29 is 5.11 Å². The molecule has 0 aliphatic carbocycles. The molecule has 3 nitrogen and oxygen atoms in total. The highest BCUT2D eigenvalue weighted by molar-refractivity contribution is 7.13. The number of aromatic nitrogens is 1. The summed E-state index contributed by atoms with van der Waals surface area (Å²) in [6.45, 7) is 8.88. The van der Waals surface area contributed by atoms with E-state index in [0.29, 0.717) is 5.92 Å². The van der Waals surface area contributed by atoms with Crippen LogP contribution in [0.4, 0.5) is 5.13 Å². The predicted molar refractivity (Wildman–Crippen MR) is 77.3 cm³/mol. The Balaban J connectivity index is 2.15. The third kappa shape index (κ3) is 2.54. The van der Waals surface area contributed by atoms with Crippen molar-refractivity contribution in [2.75, 3.05) is 24.6 Å². The van der Waals surface area contributed by atoms with Crippen LogP contribution >= 0.6 is 11.3 Å². The maximum Gasteiger partial charge on any atom is 0.185 e. The van der Waals surface area contributed by atoms with E-state index in [2.05, 4.69) is 36.0 Å². The normalized spacial score (nSPS) is 24.8. The molecule has 18 heavy (non-hydrogen) atoms. The van der Waals surface area contributed by atoms with Crippen LogP contribution in [0.25, 0.3) is 0 Å². The van der Waals surface area contributed by atoms with Gasteiger partial charge in [-0.3, -0.25) is 0 Å². The topological polar surface area (TPSA) is 36.4 Å². The first-order valence-corrected chi connectivity index (χ1v) is 7.79. The van der Waals surface area contributed by atoms with Crippen LogP contribution in [-0.2, 0) is 6.42 Å². The van der Waals surface area contributed by atoms with Gasteiger partial charge in [0.25, 0.3) is 0 Å². The first kappa shape index (κ1) is 13.8. The third-order valence-electron chi connectivity index (χ3n) is 4.32. The third-order valence-corrected chi connectivity index (χ3v) is 5.27. The Kier molecular flexibility index (Phi) is 4.28. The summed E-state index contributed by atoms with van der Waals surface area (Å²) < 4.78 is 0. The summed E-state index contributed by atoms with van der Waals surface area (Å²) in [5.74, 6) is 0.510. The standard InChI is InChI=1S/C14H24N2OS/c1-4-12-8-18-13(15-12)16-7-5-6-14(9-16,10-17)11(2)3/h8,11,17H,4-7,9-10H2,1-3H3. The largest absolute Gasteiger partial charge is 0.396 e. The highest BCUT2D eigenvalue weighted by Gasteiger charge is 2.38. The van der Waals surface area contributed by atoms with Crippen LogP contribution in [0.15, 0.2) is 5.38 Å². The second kappa shape index (κ2) is 5.57. The highest BCUT2D eigenvalue weighted by atomic mass is 32.1. The minimum absolute atomic E-state index is 0.0519. The van der Waals surface area contributed by atoms with Crippen molar-refractivity contribution >= 4 is 16.5 Å². The summed E-state index contributed by atoms with van der Waals surface area (Å²) in [6, 6.07) is 0. The maximum absolute atomic E-state index is 9.78. The molecule has 0 saturated carbocycles. The Morgan fingerprint density at radius 3 is 2.89 bits per heavy atom. The molecule has 1 unspecified atom stereocenters. The molecule has 1 N–H and O–H groups in total. The van der Waals surface area contributed by atoms with Crippen molar-refractivity contribution in [1.82, 2.24) is 4.98 Å². The molecule has 4 heteroatoms. The van der Waals surface area contributed by atoms with Gasteiger partial charge in [-0.1, -0.05) is 20.8 Å². The smallest absolute Gasteiger partial charge is 0.185 e. The monoisotopic (exact) mass is 268 g/mol. The van der Waals surface area contributed by atoms with Crippen molar-refractivity contribution in [1.29, 1.82) is 0 Å². The zero-order valence-electron chi connectivity index (χ0n) is 11.6. The lowest BCUT2D eigenvalue weighted by Gasteiger charge is -2.44. The van der Waals surface area contributed by atoms with Crippen molar-refractivity contribution in [3.8, 4) is 0 Å². The molecular formula is C14H24N2OS. The maximum atomic E-state index is 9.78. The summed E-state index contributed by atoms with van der Waals surface area (Å²) in [5, 5.41) is 13.1. The first-order chi connectivity index (χ1) is 8.61. The molecule has 1 aromatic rings. The Labute approximate surface area is 114 Å². The number of hydrogen-bond donors (Lipinski definition) is 1. The quantitative estimate of drug-likeness (QED) is 0.912. The molecule has 0 spiro atoms. The number of hydrogen-bond acceptors (Lipinski definition) is 4. The van der Waals surface area contributed by atoms with Gasteiger partial charge in [-0.25, -0.2) is 4.98 Å². The van der Waals surface area contributed by atoms with Crippen LogP contribution in [0.3, 0.4) is 0 Å². The van der Waals surface area contributed by atoms with Crippen LogP contribution in [0.2, 0.25) is 0 Å². The number of nitrogens with zero attached hydrogens (tertiary/aromatic N) is 2. The van der Waals surface area contributed by atoms with E-state index in [-0.39, 0.29) is 12.0 Å². The van der Waals surface area contributed by atoms with E-state index in [0.717, 1.165) is 37.5 Å². The Morgan fingerprint density at radius 2 is 2.33 bits per heavy atom. The summed E-state index contributed by atoms with van der Waals surface area (Å²) in [4.78, 5) is 7.04. The molecule has 0 amide bonds. The average Bonchev–Trinajstić information content (AvgIpc) is 2.87. The van der Waals surface area contributed by atoms with Gasteiger partial charge in [0.15, 0.2) is 5.13 Å². The molecule has 1 saturated heterocycles. The van der Waals surface area contributed by atoms with Gasteiger partial charge in [-0.15, -0.1) is 11.3 Å². The minimum atomic E-state index is 0.0519. The molecular weight excluding hydrogens is 244 g/mol. The lowest BCUT2D eigenvalue weighted by atomic mass is 9.72. The lowest BCUT2D eigenvalue weighted by Crippen LogP contribution is -2.48. The van der Waals surface area contributed by atoms with E-state index in [1.807, 2.05) is 0 Å². The molecule has 2 heterocycles. The number of piperidine rings is 1. The van der Waals surface area contributed by atoms with Crippen LogP contribution in [0, 0.1) is 11.3 Å². The van der Waals surface area contributed by atoms with Gasteiger partial charge in [0.05, 0.1) is 12.3 Å². The van der Waals surface area contributed by atoms with Crippen LogP contribution < -0.4 is 4.90 Å². The number of aliphatic hydroxyl groups excluding tert-OH is 1. The van der Waals surface area contributed by atoms with Crippen molar-refractivity contribution in [3.05, 3.63) is 11.1 Å². The second-order valence-electron chi connectivity index (χ2n) is 5.68. The minimum Gasteiger partial charge on any atom is -0.396 e. The summed E-state index contributed by atoms with van der Waals surface area (Å²) in [5.41, 5.74) is 1.23. The summed E-state index contributed by atoms with van der Waals surface area (Å²) in [6.07, 6.45) is 3.28. The Bertz CT molecular complexity index is 391. The molecule has 1 atom stereocenters. The van der Waals surface area contributed by atoms with Crippen LogP contribution in [0.5, 0.6) is 0 Å². The molecule has 1 aliphatic heterocycles. The van der Waals surface area contributed by atoms with Gasteiger partial charge >= 0.3 is 0 Å². The molecule has 1 fully saturated rings. The SMILES string of the molecule is CCc1csc(N2CCCC(CO)(C(C)C)C2)n1. The first-order valence-electron chi connectivity index (χ1n) is 6.91. The lowest BCUT2D eigenvalue weighted by molar-refractivity contribution is 0.0600. The molecule has 102 valence electrons. The van der Waals surface area contributed by atoms with Gasteiger partial charge in [0.1, 0.15) is 0 Å². The number of thiazole rings is 1. The average molecular weight is 268 g/mol. The molecule has 1 aromatic heterocycles. The molecule has 0 bridgehead atoms. The van der Waals surface area contributed by atoms with Gasteiger partial charge < -0.3 is 10.0 Å². The molecule has 0 radical (unpaired) electrons. The summed E-state index contributed by atoms with van der Waals surface area (Å²) >= 11 is 1.74. The van der Waals surface area contributed by atoms with Gasteiger partial charge in [0, 0.05) is 23.9 Å². The van der Waals surface area contributed by atoms with E-state index in [1.54, 1.807) is 11.3 Å². The Hall–Kier alpha value is -0.610. The zero-order valence-corrected chi connectivity index (χ0v) is 12.5. The fraction of sp³-hybridized carbons (Fsp3) is 0.786. The van der Waals surface area contributed by atoms with E-state index in [4.69, 9.17) is 0 Å². The van der Waals surface area contributed by atoms with Crippen molar-refractivity contribution in [2.24, 2.45) is 11.3 Å². The van der Waals surface area contributed by atoms with E-state index in [1.165, 1.54) is 5.69 Å². The fourth-order valence-corrected chi connectivity index (χ4v) is 3.65. The van der Waals surface area contributed by atoms with E-state index < -0.39 is 0 Å². The number of anilines is 1. The van der Waals surface area contributed by atoms with Gasteiger partial charge in [-0.05, 0) is 25.2 Å². The zero-order chi connectivity index (χ0) is 13.2. The molecule has 2 rings (SSSR count). The van der Waals surface area contributed by atoms with Gasteiger partial charge in [0.2, 0.25) is 0 Å². The van der Waals surface area contributed by atoms with Crippen molar-refractivity contribution in [3.63, 3.8) is 0 Å². The Morgan fingerprint density at radius 1 is 1.56 bits per heavy atom. The van der Waals surface area contributed by atoms with E-state index >= 15 is 0 Å². The van der Waals surface area contributed by atoms with E-state index in [9.17, 15) is 5.11 Å².